The minimum absolute atomic E-state index is 0.0843. The molecule has 0 radical (unpaired) electrons. The number of halogens is 1. The van der Waals surface area contributed by atoms with E-state index in [2.05, 4.69) is 5.32 Å². The van der Waals surface area contributed by atoms with Gasteiger partial charge in [0.1, 0.15) is 11.6 Å². The Balaban J connectivity index is 1.97. The predicted molar refractivity (Wildman–Crippen MR) is 89.1 cm³/mol. The van der Waals surface area contributed by atoms with Crippen LogP contribution in [-0.2, 0) is 16.6 Å². The van der Waals surface area contributed by atoms with E-state index in [1.165, 1.54) is 12.1 Å². The zero-order valence-corrected chi connectivity index (χ0v) is 13.7. The van der Waals surface area contributed by atoms with Gasteiger partial charge in [0, 0.05) is 6.54 Å². The Bertz CT molecular complexity index is 665. The molecule has 0 aliphatic heterocycles. The maximum Gasteiger partial charge on any atom is 0.230 e. The fraction of sp³-hybridized carbons (Fsp3) is 0.316. The highest BCUT2D eigenvalue weighted by atomic mass is 19.1. The number of carbonyl (C=O) groups is 1. The van der Waals surface area contributed by atoms with Gasteiger partial charge in [0.05, 0.1) is 12.5 Å². The Kier molecular flexibility index (Phi) is 5.37. The maximum absolute atomic E-state index is 13.0. The van der Waals surface area contributed by atoms with Crippen molar-refractivity contribution in [2.24, 2.45) is 0 Å². The molecule has 4 heteroatoms. The summed E-state index contributed by atoms with van der Waals surface area (Å²) in [5.41, 5.74) is 1.12. The monoisotopic (exact) mass is 315 g/mol. The van der Waals surface area contributed by atoms with E-state index in [1.54, 1.807) is 19.2 Å². The van der Waals surface area contributed by atoms with Crippen molar-refractivity contribution in [3.63, 3.8) is 0 Å². The molecule has 122 valence electrons. The molecule has 0 aromatic heterocycles. The summed E-state index contributed by atoms with van der Waals surface area (Å²) in [6.07, 6.45) is 0.690. The van der Waals surface area contributed by atoms with Crippen LogP contribution in [0.5, 0.6) is 5.75 Å². The minimum Gasteiger partial charge on any atom is -0.496 e. The minimum atomic E-state index is -0.714. The third kappa shape index (κ3) is 4.09. The lowest BCUT2D eigenvalue weighted by molar-refractivity contribution is -0.125. The van der Waals surface area contributed by atoms with Crippen molar-refractivity contribution >= 4 is 5.91 Å². The number of hydrogen-bond acceptors (Lipinski definition) is 2. The molecule has 0 aliphatic carbocycles. The standard InChI is InChI=1S/C19H22FNO2/c1-19(2,15-8-10-16(20)11-9-15)18(22)21-13-12-14-6-4-5-7-17(14)23-3/h4-11H,12-13H2,1-3H3,(H,21,22). The van der Waals surface area contributed by atoms with Crippen LogP contribution in [0, 0.1) is 5.82 Å². The predicted octanol–water partition coefficient (Wildman–Crippen LogP) is 3.47. The number of benzene rings is 2. The summed E-state index contributed by atoms with van der Waals surface area (Å²) in [6, 6.07) is 13.8. The van der Waals surface area contributed by atoms with Crippen molar-refractivity contribution in [1.82, 2.24) is 5.32 Å². The van der Waals surface area contributed by atoms with Gasteiger partial charge in [-0.3, -0.25) is 4.79 Å². The number of methoxy groups -OCH3 is 1. The summed E-state index contributed by atoms with van der Waals surface area (Å²) in [5, 5.41) is 2.95. The van der Waals surface area contributed by atoms with Crippen molar-refractivity contribution in [2.75, 3.05) is 13.7 Å². The van der Waals surface area contributed by atoms with Gasteiger partial charge in [0.25, 0.3) is 0 Å². The third-order valence-corrected chi connectivity index (χ3v) is 4.01. The number of ether oxygens (including phenoxy) is 1. The highest BCUT2D eigenvalue weighted by Gasteiger charge is 2.29. The molecule has 2 rings (SSSR count). The molecule has 0 saturated carbocycles. The van der Waals surface area contributed by atoms with Crippen molar-refractivity contribution in [3.05, 3.63) is 65.5 Å². The highest BCUT2D eigenvalue weighted by Crippen LogP contribution is 2.24. The molecule has 0 heterocycles. The Hall–Kier alpha value is -2.36. The Morgan fingerprint density at radius 3 is 2.43 bits per heavy atom. The summed E-state index contributed by atoms with van der Waals surface area (Å²) in [6.45, 7) is 4.18. The van der Waals surface area contributed by atoms with Crippen LogP contribution in [0.3, 0.4) is 0 Å². The molecule has 2 aromatic rings. The Morgan fingerprint density at radius 2 is 1.78 bits per heavy atom. The number of carbonyl (C=O) groups excluding carboxylic acids is 1. The normalized spacial score (nSPS) is 11.1. The van der Waals surface area contributed by atoms with Crippen molar-refractivity contribution in [1.29, 1.82) is 0 Å². The summed E-state index contributed by atoms with van der Waals surface area (Å²) in [7, 11) is 1.63. The average molecular weight is 315 g/mol. The Morgan fingerprint density at radius 1 is 1.13 bits per heavy atom. The van der Waals surface area contributed by atoms with Crippen LogP contribution in [0.4, 0.5) is 4.39 Å². The smallest absolute Gasteiger partial charge is 0.230 e. The molecule has 1 amide bonds. The summed E-state index contributed by atoms with van der Waals surface area (Å²) < 4.78 is 18.3. The highest BCUT2D eigenvalue weighted by molar-refractivity contribution is 5.87. The van der Waals surface area contributed by atoms with E-state index < -0.39 is 5.41 Å². The fourth-order valence-corrected chi connectivity index (χ4v) is 2.44. The van der Waals surface area contributed by atoms with E-state index in [-0.39, 0.29) is 11.7 Å². The lowest BCUT2D eigenvalue weighted by Gasteiger charge is -2.24. The van der Waals surface area contributed by atoms with Crippen LogP contribution in [0.15, 0.2) is 48.5 Å². The number of hydrogen-bond donors (Lipinski definition) is 1. The van der Waals surface area contributed by atoms with Gasteiger partial charge < -0.3 is 10.1 Å². The maximum atomic E-state index is 13.0. The zero-order valence-electron chi connectivity index (χ0n) is 13.7. The summed E-state index contributed by atoms with van der Waals surface area (Å²) >= 11 is 0. The molecule has 0 atom stereocenters. The molecule has 0 bridgehead atoms. The van der Waals surface area contributed by atoms with E-state index in [4.69, 9.17) is 4.74 Å². The number of amides is 1. The van der Waals surface area contributed by atoms with Gasteiger partial charge in [-0.25, -0.2) is 4.39 Å². The molecular formula is C19H22FNO2. The van der Waals surface area contributed by atoms with Crippen LogP contribution < -0.4 is 10.1 Å². The van der Waals surface area contributed by atoms with Gasteiger partial charge >= 0.3 is 0 Å². The largest absolute Gasteiger partial charge is 0.496 e. The average Bonchev–Trinajstić information content (AvgIpc) is 2.55. The molecule has 0 aliphatic rings. The lowest BCUT2D eigenvalue weighted by atomic mass is 9.83. The molecule has 0 saturated heterocycles. The van der Waals surface area contributed by atoms with Crippen molar-refractivity contribution in [3.8, 4) is 5.75 Å². The van der Waals surface area contributed by atoms with Crippen molar-refractivity contribution in [2.45, 2.75) is 25.7 Å². The van der Waals surface area contributed by atoms with Gasteiger partial charge in [0.15, 0.2) is 0 Å². The number of rotatable bonds is 6. The quantitative estimate of drug-likeness (QED) is 0.886. The van der Waals surface area contributed by atoms with Gasteiger partial charge in [-0.1, -0.05) is 30.3 Å². The van der Waals surface area contributed by atoms with Crippen molar-refractivity contribution < 1.29 is 13.9 Å². The first-order chi connectivity index (χ1) is 10.9. The van der Waals surface area contributed by atoms with Crippen LogP contribution in [0.25, 0.3) is 0 Å². The van der Waals surface area contributed by atoms with Crippen LogP contribution in [0.1, 0.15) is 25.0 Å². The SMILES string of the molecule is COc1ccccc1CCNC(=O)C(C)(C)c1ccc(F)cc1. The second kappa shape index (κ2) is 7.27. The van der Waals surface area contributed by atoms with Gasteiger partial charge in [-0.2, -0.15) is 0 Å². The van der Waals surface area contributed by atoms with E-state index in [0.29, 0.717) is 13.0 Å². The number of nitrogens with one attached hydrogen (secondary N) is 1. The molecule has 3 nitrogen and oxygen atoms in total. The molecular weight excluding hydrogens is 293 g/mol. The van der Waals surface area contributed by atoms with Gasteiger partial charge in [-0.05, 0) is 49.6 Å². The molecule has 1 N–H and O–H groups in total. The fourth-order valence-electron chi connectivity index (χ4n) is 2.44. The van der Waals surface area contributed by atoms with E-state index in [1.807, 2.05) is 38.1 Å². The molecule has 2 aromatic carbocycles. The van der Waals surface area contributed by atoms with Gasteiger partial charge in [-0.15, -0.1) is 0 Å². The second-order valence-corrected chi connectivity index (χ2v) is 5.95. The van der Waals surface area contributed by atoms with E-state index >= 15 is 0 Å². The summed E-state index contributed by atoms with van der Waals surface area (Å²) in [4.78, 5) is 12.5. The second-order valence-electron chi connectivity index (χ2n) is 5.95. The first-order valence-corrected chi connectivity index (χ1v) is 7.61. The molecule has 23 heavy (non-hydrogen) atoms. The molecule has 0 fully saturated rings. The van der Waals surface area contributed by atoms with E-state index in [0.717, 1.165) is 16.9 Å². The molecule has 0 spiro atoms. The van der Waals surface area contributed by atoms with Gasteiger partial charge in [0.2, 0.25) is 5.91 Å². The van der Waals surface area contributed by atoms with Crippen LogP contribution in [-0.4, -0.2) is 19.6 Å². The summed E-state index contributed by atoms with van der Waals surface area (Å²) in [5.74, 6) is 0.430. The third-order valence-electron chi connectivity index (χ3n) is 4.01. The zero-order chi connectivity index (χ0) is 16.9. The topological polar surface area (TPSA) is 38.3 Å². The first-order valence-electron chi connectivity index (χ1n) is 7.61. The van der Waals surface area contributed by atoms with Crippen LogP contribution in [0.2, 0.25) is 0 Å². The van der Waals surface area contributed by atoms with Crippen LogP contribution >= 0.6 is 0 Å². The number of para-hydroxylation sites is 1. The Labute approximate surface area is 136 Å². The molecule has 0 unspecified atom stereocenters. The first kappa shape index (κ1) is 17.0. The lowest BCUT2D eigenvalue weighted by Crippen LogP contribution is -2.40. The van der Waals surface area contributed by atoms with E-state index in [9.17, 15) is 9.18 Å².